The molecule has 0 unspecified atom stereocenters. The van der Waals surface area contributed by atoms with Crippen LogP contribution >= 0.6 is 0 Å². The SMILES string of the molecule is CC(C)C[C@](O)(C(=O)O)c1ccccc1. The van der Waals surface area contributed by atoms with E-state index < -0.39 is 11.6 Å². The van der Waals surface area contributed by atoms with Gasteiger partial charge in [0.2, 0.25) is 0 Å². The summed E-state index contributed by atoms with van der Waals surface area (Å²) in [5.74, 6) is -1.08. The molecule has 0 spiro atoms. The van der Waals surface area contributed by atoms with E-state index in [-0.39, 0.29) is 12.3 Å². The second-order valence-electron chi connectivity index (χ2n) is 4.13. The zero-order valence-corrected chi connectivity index (χ0v) is 8.97. The van der Waals surface area contributed by atoms with Gasteiger partial charge < -0.3 is 10.2 Å². The van der Waals surface area contributed by atoms with Crippen LogP contribution in [0.15, 0.2) is 30.3 Å². The Balaban J connectivity index is 3.07. The van der Waals surface area contributed by atoms with E-state index in [9.17, 15) is 9.90 Å². The summed E-state index contributed by atoms with van der Waals surface area (Å²) >= 11 is 0. The van der Waals surface area contributed by atoms with Crippen molar-refractivity contribution in [3.05, 3.63) is 35.9 Å². The lowest BCUT2D eigenvalue weighted by Gasteiger charge is -2.25. The molecule has 0 radical (unpaired) electrons. The predicted octanol–water partition coefficient (Wildman–Crippen LogP) is 2.00. The van der Waals surface area contributed by atoms with Crippen LogP contribution in [-0.4, -0.2) is 16.2 Å². The summed E-state index contributed by atoms with van der Waals surface area (Å²) in [6.45, 7) is 3.77. The average molecular weight is 208 g/mol. The van der Waals surface area contributed by atoms with Crippen LogP contribution in [0.4, 0.5) is 0 Å². The fourth-order valence-corrected chi connectivity index (χ4v) is 1.63. The van der Waals surface area contributed by atoms with Gasteiger partial charge in [0.05, 0.1) is 0 Å². The van der Waals surface area contributed by atoms with E-state index in [0.29, 0.717) is 5.56 Å². The monoisotopic (exact) mass is 208 g/mol. The van der Waals surface area contributed by atoms with E-state index in [1.54, 1.807) is 30.3 Å². The first kappa shape index (κ1) is 11.7. The summed E-state index contributed by atoms with van der Waals surface area (Å²) in [7, 11) is 0. The number of carboxylic acids is 1. The first-order valence-corrected chi connectivity index (χ1v) is 4.98. The highest BCUT2D eigenvalue weighted by Crippen LogP contribution is 2.28. The molecule has 82 valence electrons. The molecule has 1 rings (SSSR count). The molecule has 2 N–H and O–H groups in total. The molecule has 0 bridgehead atoms. The van der Waals surface area contributed by atoms with Crippen molar-refractivity contribution in [1.82, 2.24) is 0 Å². The van der Waals surface area contributed by atoms with Gasteiger partial charge in [-0.05, 0) is 17.9 Å². The molecule has 1 aromatic carbocycles. The normalized spacial score (nSPS) is 14.9. The van der Waals surface area contributed by atoms with Crippen LogP contribution in [-0.2, 0) is 10.4 Å². The molecule has 3 heteroatoms. The molecule has 0 heterocycles. The van der Waals surface area contributed by atoms with E-state index in [2.05, 4.69) is 0 Å². The van der Waals surface area contributed by atoms with Crippen LogP contribution in [0.3, 0.4) is 0 Å². The Hall–Kier alpha value is -1.35. The molecule has 0 amide bonds. The summed E-state index contributed by atoms with van der Waals surface area (Å²) in [6.07, 6.45) is 0.215. The number of hydrogen-bond donors (Lipinski definition) is 2. The van der Waals surface area contributed by atoms with E-state index in [0.717, 1.165) is 0 Å². The van der Waals surface area contributed by atoms with E-state index in [1.165, 1.54) is 0 Å². The Bertz CT molecular complexity index is 332. The van der Waals surface area contributed by atoms with Crippen molar-refractivity contribution in [2.45, 2.75) is 25.9 Å². The molecule has 1 aromatic rings. The Morgan fingerprint density at radius 2 is 1.87 bits per heavy atom. The topological polar surface area (TPSA) is 57.5 Å². The minimum absolute atomic E-state index is 0.117. The lowest BCUT2D eigenvalue weighted by atomic mass is 9.86. The highest BCUT2D eigenvalue weighted by Gasteiger charge is 2.38. The maximum atomic E-state index is 11.1. The maximum absolute atomic E-state index is 11.1. The lowest BCUT2D eigenvalue weighted by Crippen LogP contribution is -2.36. The van der Waals surface area contributed by atoms with Crippen molar-refractivity contribution in [3.63, 3.8) is 0 Å². The lowest BCUT2D eigenvalue weighted by molar-refractivity contribution is -0.161. The molecule has 0 saturated heterocycles. The number of aliphatic carboxylic acids is 1. The molecule has 0 aliphatic carbocycles. The van der Waals surface area contributed by atoms with Crippen molar-refractivity contribution in [3.8, 4) is 0 Å². The molecule has 0 aromatic heterocycles. The van der Waals surface area contributed by atoms with Gasteiger partial charge in [-0.2, -0.15) is 0 Å². The molecular weight excluding hydrogens is 192 g/mol. The van der Waals surface area contributed by atoms with Gasteiger partial charge in [0.1, 0.15) is 0 Å². The minimum Gasteiger partial charge on any atom is -0.479 e. The number of rotatable bonds is 4. The molecule has 0 aliphatic heterocycles. The minimum atomic E-state index is -1.77. The third-order valence-corrected chi connectivity index (χ3v) is 2.31. The van der Waals surface area contributed by atoms with E-state index in [4.69, 9.17) is 5.11 Å². The quantitative estimate of drug-likeness (QED) is 0.795. The van der Waals surface area contributed by atoms with E-state index in [1.807, 2.05) is 13.8 Å². The number of aliphatic hydroxyl groups is 1. The highest BCUT2D eigenvalue weighted by molar-refractivity contribution is 5.79. The first-order chi connectivity index (χ1) is 6.97. The van der Waals surface area contributed by atoms with E-state index >= 15 is 0 Å². The van der Waals surface area contributed by atoms with Gasteiger partial charge in [-0.25, -0.2) is 4.79 Å². The Morgan fingerprint density at radius 3 is 2.27 bits per heavy atom. The van der Waals surface area contributed by atoms with Crippen molar-refractivity contribution < 1.29 is 15.0 Å². The third kappa shape index (κ3) is 2.57. The molecule has 1 atom stereocenters. The number of hydrogen-bond acceptors (Lipinski definition) is 2. The summed E-state index contributed by atoms with van der Waals surface area (Å²) in [5, 5.41) is 19.2. The van der Waals surface area contributed by atoms with Crippen molar-refractivity contribution in [2.75, 3.05) is 0 Å². The Kier molecular flexibility index (Phi) is 3.48. The van der Waals surface area contributed by atoms with Gasteiger partial charge in [-0.3, -0.25) is 0 Å². The zero-order valence-electron chi connectivity index (χ0n) is 8.97. The van der Waals surface area contributed by atoms with Crippen molar-refractivity contribution >= 4 is 5.97 Å². The fourth-order valence-electron chi connectivity index (χ4n) is 1.63. The number of carboxylic acid groups (broad SMARTS) is 1. The van der Waals surface area contributed by atoms with Gasteiger partial charge >= 0.3 is 5.97 Å². The summed E-state index contributed by atoms with van der Waals surface area (Å²) < 4.78 is 0. The van der Waals surface area contributed by atoms with Crippen LogP contribution < -0.4 is 0 Å². The van der Waals surface area contributed by atoms with Gasteiger partial charge in [0.25, 0.3) is 0 Å². The van der Waals surface area contributed by atoms with Crippen LogP contribution in [0.1, 0.15) is 25.8 Å². The molecular formula is C12H16O3. The smallest absolute Gasteiger partial charge is 0.340 e. The average Bonchev–Trinajstić information content (AvgIpc) is 2.17. The van der Waals surface area contributed by atoms with Crippen LogP contribution in [0.5, 0.6) is 0 Å². The second kappa shape index (κ2) is 4.45. The van der Waals surface area contributed by atoms with Crippen molar-refractivity contribution in [1.29, 1.82) is 0 Å². The van der Waals surface area contributed by atoms with Gasteiger partial charge in [-0.1, -0.05) is 44.2 Å². The van der Waals surface area contributed by atoms with Crippen molar-refractivity contribution in [2.24, 2.45) is 5.92 Å². The summed E-state index contributed by atoms with van der Waals surface area (Å²) in [5.41, 5.74) is -1.33. The van der Waals surface area contributed by atoms with Crippen LogP contribution in [0.25, 0.3) is 0 Å². The maximum Gasteiger partial charge on any atom is 0.340 e. The third-order valence-electron chi connectivity index (χ3n) is 2.31. The van der Waals surface area contributed by atoms with Crippen LogP contribution in [0, 0.1) is 5.92 Å². The first-order valence-electron chi connectivity index (χ1n) is 4.98. The molecule has 3 nitrogen and oxygen atoms in total. The molecule has 0 fully saturated rings. The fraction of sp³-hybridized carbons (Fsp3) is 0.417. The molecule has 0 saturated carbocycles. The number of benzene rings is 1. The summed E-state index contributed by atoms with van der Waals surface area (Å²) in [4.78, 5) is 11.1. The van der Waals surface area contributed by atoms with Gasteiger partial charge in [0.15, 0.2) is 5.60 Å². The largest absolute Gasteiger partial charge is 0.479 e. The number of carbonyl (C=O) groups is 1. The standard InChI is InChI=1S/C12H16O3/c1-9(2)8-12(15,11(13)14)10-6-4-3-5-7-10/h3-7,9,15H,8H2,1-2H3,(H,13,14)/t12-/m1/s1. The zero-order chi connectivity index (χ0) is 11.5. The molecule has 0 aliphatic rings. The Labute approximate surface area is 89.4 Å². The van der Waals surface area contributed by atoms with Gasteiger partial charge in [0, 0.05) is 0 Å². The second-order valence-corrected chi connectivity index (χ2v) is 4.13. The Morgan fingerprint density at radius 1 is 1.33 bits per heavy atom. The predicted molar refractivity (Wildman–Crippen MR) is 57.4 cm³/mol. The molecule has 15 heavy (non-hydrogen) atoms. The highest BCUT2D eigenvalue weighted by atomic mass is 16.4. The summed E-state index contributed by atoms with van der Waals surface area (Å²) in [6, 6.07) is 8.52. The van der Waals surface area contributed by atoms with Crippen LogP contribution in [0.2, 0.25) is 0 Å². The van der Waals surface area contributed by atoms with Gasteiger partial charge in [-0.15, -0.1) is 0 Å².